The zero-order chi connectivity index (χ0) is 37.7. The van der Waals surface area contributed by atoms with Crippen molar-refractivity contribution in [2.75, 3.05) is 6.54 Å². The summed E-state index contributed by atoms with van der Waals surface area (Å²) in [6.45, 7) is 2.96. The van der Waals surface area contributed by atoms with Crippen LogP contribution in [0.4, 0.5) is 0 Å². The monoisotopic (exact) mass is 740 g/mol. The number of ketones is 1. The number of benzene rings is 2. The predicted octanol–water partition coefficient (Wildman–Crippen LogP) is 7.53. The Morgan fingerprint density at radius 1 is 1.05 bits per heavy atom. The van der Waals surface area contributed by atoms with Gasteiger partial charge in [0.05, 0.1) is 29.1 Å². The maximum atomic E-state index is 12.9. The van der Waals surface area contributed by atoms with E-state index in [4.69, 9.17) is 15.2 Å². The Kier molecular flexibility index (Phi) is 9.77. The van der Waals surface area contributed by atoms with Gasteiger partial charge >= 0.3 is 0 Å². The molecular weight excluding hydrogens is 689 g/mol. The Bertz CT molecular complexity index is 2220. The number of hydrogen-bond acceptors (Lipinski definition) is 7. The Morgan fingerprint density at radius 2 is 1.91 bits per heavy atom. The number of rotatable bonds is 9. The number of carbonyl (C=O) groups is 1. The molecule has 9 nitrogen and oxygen atoms in total. The van der Waals surface area contributed by atoms with Crippen LogP contribution in [-0.2, 0) is 11.2 Å². The number of unbranched alkanes of at least 4 members (excludes halogenated alkanes) is 2. The number of ether oxygens (including phenoxy) is 2. The van der Waals surface area contributed by atoms with Gasteiger partial charge in [-0.15, -0.1) is 0 Å². The summed E-state index contributed by atoms with van der Waals surface area (Å²) in [6.07, 6.45) is 17.6. The van der Waals surface area contributed by atoms with Crippen molar-refractivity contribution in [3.63, 3.8) is 0 Å². The van der Waals surface area contributed by atoms with E-state index >= 15 is 0 Å². The van der Waals surface area contributed by atoms with Crippen LogP contribution in [0, 0.1) is 35.2 Å². The third-order valence-electron chi connectivity index (χ3n) is 13.1. The van der Waals surface area contributed by atoms with Gasteiger partial charge in [0.1, 0.15) is 18.0 Å². The molecule has 9 rings (SSSR count). The predicted molar refractivity (Wildman–Crippen MR) is 211 cm³/mol. The molecule has 0 radical (unpaired) electrons. The highest BCUT2D eigenvalue weighted by Gasteiger charge is 2.47. The maximum Gasteiger partial charge on any atom is 0.191 e. The van der Waals surface area contributed by atoms with Gasteiger partial charge in [0, 0.05) is 49.3 Å². The highest BCUT2D eigenvalue weighted by atomic mass is 16.5. The van der Waals surface area contributed by atoms with Gasteiger partial charge in [-0.05, 0) is 90.0 Å². The topological polar surface area (TPSA) is 135 Å². The van der Waals surface area contributed by atoms with Crippen LogP contribution in [0.2, 0.25) is 0 Å². The second-order valence-corrected chi connectivity index (χ2v) is 16.6. The zero-order valence-corrected chi connectivity index (χ0v) is 31.7. The van der Waals surface area contributed by atoms with Gasteiger partial charge in [0.2, 0.25) is 0 Å². The van der Waals surface area contributed by atoms with Crippen molar-refractivity contribution in [1.29, 1.82) is 0 Å². The Balaban J connectivity index is 1.12. The number of Topliss-reactive ketones (excluding diaryl/α,β-unsaturated/α-hetero) is 1. The first kappa shape index (κ1) is 36.1. The number of aliphatic hydroxyl groups is 2. The number of aliphatic hydroxyl groups excluding tert-OH is 2. The molecule has 0 amide bonds. The van der Waals surface area contributed by atoms with Crippen LogP contribution in [-0.4, -0.2) is 38.2 Å². The van der Waals surface area contributed by atoms with Gasteiger partial charge in [-0.1, -0.05) is 75.0 Å². The minimum Gasteiger partial charge on any atom is -0.465 e. The lowest BCUT2D eigenvalue weighted by Gasteiger charge is -2.40. The molecule has 1 saturated carbocycles. The molecule has 1 spiro atoms. The summed E-state index contributed by atoms with van der Waals surface area (Å²) in [5.41, 5.74) is 13.7. The summed E-state index contributed by atoms with van der Waals surface area (Å²) in [6, 6.07) is 9.94. The van der Waals surface area contributed by atoms with Crippen LogP contribution in [0.15, 0.2) is 48.9 Å². The molecule has 2 bridgehead atoms. The van der Waals surface area contributed by atoms with Crippen LogP contribution in [0.1, 0.15) is 148 Å². The number of carbonyl (C=O) groups excluding carboxylic acids is 1. The number of aromatic nitrogens is 2. The average Bonchev–Trinajstić information content (AvgIpc) is 3.93. The molecule has 1 fully saturated rings. The molecular formula is C46H52N4O5. The number of aromatic amines is 1. The minimum absolute atomic E-state index is 0.0558. The fourth-order valence-electron chi connectivity index (χ4n) is 10.2. The van der Waals surface area contributed by atoms with Gasteiger partial charge in [-0.2, -0.15) is 0 Å². The molecule has 2 aromatic carbocycles. The first-order valence-electron chi connectivity index (χ1n) is 20.5. The van der Waals surface area contributed by atoms with Gasteiger partial charge in [-0.25, -0.2) is 0 Å². The quantitative estimate of drug-likeness (QED) is 0.0885. The van der Waals surface area contributed by atoms with Crippen molar-refractivity contribution in [3.05, 3.63) is 82.3 Å². The molecule has 4 aromatic rings. The fourth-order valence-corrected chi connectivity index (χ4v) is 10.2. The largest absolute Gasteiger partial charge is 0.465 e. The molecule has 5 aliphatic rings. The summed E-state index contributed by atoms with van der Waals surface area (Å²) in [5, 5.41) is 27.2. The Labute approximate surface area is 323 Å². The van der Waals surface area contributed by atoms with E-state index in [9.17, 15) is 15.0 Å². The standard InChI is InChI=1S/C46H52N4O5/c1-2-3-4-7-30(51)23-31(52)11-8-28-9-17-40-41(22-28)55-45-37(46(20-21-54-40)18-5-6-19-46)15-16-39(53)33-13-14-34-42-29(24-49-44(34)47)10-12-32(43(33)42)35-25-48-38-27-50(45)26-36(35)38/h9,13-14,17,22,25-27,29-30,32,37,39,44-45,48-49,51,53H,2-8,10-12,18-19,23-24,47H2,1H3. The van der Waals surface area contributed by atoms with Crippen molar-refractivity contribution >= 4 is 16.7 Å². The lowest BCUT2D eigenvalue weighted by Crippen LogP contribution is -2.40. The van der Waals surface area contributed by atoms with Gasteiger partial charge in [0.15, 0.2) is 17.7 Å². The molecule has 0 saturated heterocycles. The number of nitrogens with zero attached hydrogens (tertiary/aromatic N) is 1. The van der Waals surface area contributed by atoms with Crippen molar-refractivity contribution in [3.8, 4) is 35.4 Å². The number of fused-ring (bicyclic) bond motifs is 6. The minimum atomic E-state index is -1.01. The highest BCUT2D eigenvalue weighted by molar-refractivity contribution is 5.84. The van der Waals surface area contributed by atoms with Crippen LogP contribution >= 0.6 is 0 Å². The average molecular weight is 741 g/mol. The molecule has 9 heteroatoms. The summed E-state index contributed by atoms with van der Waals surface area (Å²) >= 11 is 0. The first-order valence-corrected chi connectivity index (χ1v) is 20.5. The summed E-state index contributed by atoms with van der Waals surface area (Å²) in [5.74, 6) is 11.7. The second kappa shape index (κ2) is 14.9. The zero-order valence-electron chi connectivity index (χ0n) is 31.7. The van der Waals surface area contributed by atoms with Gasteiger partial charge < -0.3 is 35.0 Å². The molecule has 55 heavy (non-hydrogen) atoms. The first-order chi connectivity index (χ1) is 26.8. The number of nitrogens with one attached hydrogen (secondary N) is 2. The van der Waals surface area contributed by atoms with E-state index in [2.05, 4.69) is 70.3 Å². The van der Waals surface area contributed by atoms with E-state index in [-0.39, 0.29) is 24.3 Å². The van der Waals surface area contributed by atoms with Crippen molar-refractivity contribution < 1.29 is 24.5 Å². The number of H-pyrrole nitrogens is 1. The van der Waals surface area contributed by atoms with Crippen molar-refractivity contribution in [2.45, 2.75) is 127 Å². The molecule has 7 atom stereocenters. The molecule has 3 aliphatic heterocycles. The summed E-state index contributed by atoms with van der Waals surface area (Å²) in [4.78, 5) is 16.5. The van der Waals surface area contributed by atoms with Crippen molar-refractivity contribution in [1.82, 2.24) is 14.9 Å². The number of hydrogen-bond donors (Lipinski definition) is 5. The summed E-state index contributed by atoms with van der Waals surface area (Å²) in [7, 11) is 0. The fraction of sp³-hybridized carbons (Fsp3) is 0.500. The third kappa shape index (κ3) is 6.66. The maximum absolute atomic E-state index is 12.9. The normalized spacial score (nSPS) is 26.2. The van der Waals surface area contributed by atoms with Crippen molar-refractivity contribution in [2.24, 2.45) is 17.1 Å². The molecule has 5 heterocycles. The van der Waals surface area contributed by atoms with Crippen LogP contribution < -0.4 is 20.5 Å². The van der Waals surface area contributed by atoms with E-state index < -0.39 is 29.8 Å². The molecule has 286 valence electrons. The second-order valence-electron chi connectivity index (χ2n) is 16.6. The molecule has 2 aliphatic carbocycles. The molecule has 2 aromatic heterocycles. The Morgan fingerprint density at radius 3 is 2.76 bits per heavy atom. The van der Waals surface area contributed by atoms with Crippen LogP contribution in [0.25, 0.3) is 10.9 Å². The number of nitrogens with two attached hydrogens (primary N) is 1. The van der Waals surface area contributed by atoms with E-state index in [1.807, 2.05) is 24.3 Å². The highest BCUT2D eigenvalue weighted by Crippen LogP contribution is 2.53. The molecule has 6 N–H and O–H groups in total. The third-order valence-corrected chi connectivity index (χ3v) is 13.1. The lowest BCUT2D eigenvalue weighted by molar-refractivity contribution is -0.121. The SMILES string of the molecule is CCCCCC(O)CC(=O)CCc1ccc2c(c1)OC1C(C#CC(O)c3ccc4c5c3C(CCC5CNC4N)c3c[nH]c4cn1cc34)C1(C#CO2)CCCC1. The Hall–Kier alpha value is -4.51. The van der Waals surface area contributed by atoms with E-state index in [0.717, 1.165) is 91.9 Å². The van der Waals surface area contributed by atoms with E-state index in [0.29, 0.717) is 36.7 Å². The molecule has 7 unspecified atom stereocenters. The summed E-state index contributed by atoms with van der Waals surface area (Å²) < 4.78 is 15.4. The number of aryl methyl sites for hydroxylation is 1. The van der Waals surface area contributed by atoms with Gasteiger partial charge in [-0.3, -0.25) is 10.1 Å². The van der Waals surface area contributed by atoms with Gasteiger partial charge in [0.25, 0.3) is 0 Å². The lowest BCUT2D eigenvalue weighted by atomic mass is 9.68. The van der Waals surface area contributed by atoms with E-state index in [1.54, 1.807) is 0 Å². The van der Waals surface area contributed by atoms with Crippen LogP contribution in [0.5, 0.6) is 11.5 Å². The van der Waals surface area contributed by atoms with E-state index in [1.165, 1.54) is 16.7 Å². The van der Waals surface area contributed by atoms with Crippen LogP contribution in [0.3, 0.4) is 0 Å². The smallest absolute Gasteiger partial charge is 0.191 e.